The zero-order valence-electron chi connectivity index (χ0n) is 16.3. The second-order valence-corrected chi connectivity index (χ2v) is 7.45. The van der Waals surface area contributed by atoms with Crippen molar-refractivity contribution in [2.24, 2.45) is 0 Å². The van der Waals surface area contributed by atoms with Crippen LogP contribution in [0, 0.1) is 5.41 Å². The van der Waals surface area contributed by atoms with Crippen molar-refractivity contribution in [3.63, 3.8) is 0 Å². The number of anilines is 1. The molecule has 2 atom stereocenters. The molecule has 4 rings (SSSR count). The average molecular weight is 398 g/mol. The Labute approximate surface area is 169 Å². The molecule has 29 heavy (non-hydrogen) atoms. The van der Waals surface area contributed by atoms with E-state index in [0.29, 0.717) is 29.1 Å². The smallest absolute Gasteiger partial charge is 0.290 e. The Balaban J connectivity index is 0.000000755. The number of nitrogens with zero attached hydrogens (tertiary/aromatic N) is 1. The van der Waals surface area contributed by atoms with Crippen LogP contribution in [0.2, 0.25) is 0 Å². The van der Waals surface area contributed by atoms with Gasteiger partial charge in [-0.1, -0.05) is 6.07 Å². The minimum atomic E-state index is -0.351. The van der Waals surface area contributed by atoms with Crippen LogP contribution in [-0.2, 0) is 9.59 Å². The van der Waals surface area contributed by atoms with Gasteiger partial charge in [0.05, 0.1) is 6.26 Å². The first-order chi connectivity index (χ1) is 13.9. The molecule has 154 valence electrons. The highest BCUT2D eigenvalue weighted by Gasteiger charge is 2.39. The lowest BCUT2D eigenvalue weighted by Crippen LogP contribution is -2.50. The summed E-state index contributed by atoms with van der Waals surface area (Å²) >= 11 is 0. The molecule has 1 aromatic heterocycles. The van der Waals surface area contributed by atoms with Crippen molar-refractivity contribution in [1.82, 2.24) is 10.2 Å². The maximum Gasteiger partial charge on any atom is 0.290 e. The number of nitrogen functional groups attached to an aromatic ring is 1. The van der Waals surface area contributed by atoms with E-state index in [0.717, 1.165) is 18.4 Å². The average Bonchev–Trinajstić information content (AvgIpc) is 3.28. The second kappa shape index (κ2) is 8.91. The fraction of sp³-hybridized carbons (Fsp3) is 0.381. The summed E-state index contributed by atoms with van der Waals surface area (Å²) in [4.78, 5) is 23.4. The van der Waals surface area contributed by atoms with Crippen LogP contribution in [0.25, 0.3) is 11.3 Å². The second-order valence-electron chi connectivity index (χ2n) is 7.45. The van der Waals surface area contributed by atoms with Gasteiger partial charge in [0, 0.05) is 34.9 Å². The minimum absolute atomic E-state index is 0.0835. The summed E-state index contributed by atoms with van der Waals surface area (Å²) in [5, 5.41) is 18.2. The fourth-order valence-corrected chi connectivity index (χ4v) is 4.30. The van der Waals surface area contributed by atoms with Crippen LogP contribution in [0.5, 0.6) is 0 Å². The molecule has 0 saturated carbocycles. The monoisotopic (exact) mass is 398 g/mol. The number of piperidine rings is 1. The number of carboxylic acid groups (broad SMARTS) is 1. The number of furan rings is 1. The highest BCUT2D eigenvalue weighted by atomic mass is 16.3. The Bertz CT molecular complexity index is 867. The van der Waals surface area contributed by atoms with Crippen molar-refractivity contribution in [3.8, 4) is 11.3 Å². The summed E-state index contributed by atoms with van der Waals surface area (Å²) in [6.07, 6.45) is 5.92. The van der Waals surface area contributed by atoms with Crippen molar-refractivity contribution < 1.29 is 19.1 Å². The SMILES string of the molecule is CN1C2CCC1CC(NC(=O)C(=N)c1ccc(-c3ccco3)cc1N)C2.O=CO. The molecule has 2 aliphatic rings. The Kier molecular flexibility index (Phi) is 6.33. The minimum Gasteiger partial charge on any atom is -0.483 e. The highest BCUT2D eigenvalue weighted by Crippen LogP contribution is 2.34. The standard InChI is InChI=1S/C20H24N4O2.CH2O2/c1-24-14-5-6-15(24)11-13(10-14)23-20(25)19(22)16-7-4-12(9-17(16)21)18-3-2-8-26-18;2-1-3/h2-4,7-9,13-15,22H,5-6,10-11,21H2,1H3,(H,23,25);1H,(H,2,3). The predicted molar refractivity (Wildman–Crippen MR) is 110 cm³/mol. The summed E-state index contributed by atoms with van der Waals surface area (Å²) in [6, 6.07) is 10.2. The number of benzene rings is 1. The number of hydrogen-bond donors (Lipinski definition) is 4. The lowest BCUT2D eigenvalue weighted by molar-refractivity contribution is -0.123. The molecule has 0 spiro atoms. The van der Waals surface area contributed by atoms with Gasteiger partial charge in [0.1, 0.15) is 11.5 Å². The van der Waals surface area contributed by atoms with Crippen molar-refractivity contribution in [3.05, 3.63) is 42.2 Å². The summed E-state index contributed by atoms with van der Waals surface area (Å²) in [5.41, 5.74) is 7.71. The summed E-state index contributed by atoms with van der Waals surface area (Å²) in [6.45, 7) is -0.250. The van der Waals surface area contributed by atoms with E-state index < -0.39 is 0 Å². The predicted octanol–water partition coefficient (Wildman–Crippen LogP) is 2.34. The van der Waals surface area contributed by atoms with E-state index >= 15 is 0 Å². The van der Waals surface area contributed by atoms with E-state index in [1.807, 2.05) is 18.2 Å². The molecular weight excluding hydrogens is 372 g/mol. The van der Waals surface area contributed by atoms with E-state index in [1.54, 1.807) is 18.4 Å². The van der Waals surface area contributed by atoms with Crippen LogP contribution < -0.4 is 11.1 Å². The summed E-state index contributed by atoms with van der Waals surface area (Å²) in [5.74, 6) is 0.359. The first kappa shape index (κ1) is 20.6. The van der Waals surface area contributed by atoms with Gasteiger partial charge in [0.2, 0.25) is 0 Å². The van der Waals surface area contributed by atoms with E-state index in [-0.39, 0.29) is 24.1 Å². The van der Waals surface area contributed by atoms with Gasteiger partial charge in [-0.3, -0.25) is 15.0 Å². The quantitative estimate of drug-likeness (QED) is 0.355. The van der Waals surface area contributed by atoms with Gasteiger partial charge in [0.25, 0.3) is 12.4 Å². The topological polar surface area (TPSA) is 133 Å². The molecule has 2 bridgehead atoms. The third-order valence-corrected chi connectivity index (χ3v) is 5.79. The molecule has 0 radical (unpaired) electrons. The number of carbonyl (C=O) groups excluding carboxylic acids is 1. The molecule has 2 unspecified atom stereocenters. The van der Waals surface area contributed by atoms with Gasteiger partial charge in [-0.25, -0.2) is 0 Å². The number of nitrogens with one attached hydrogen (secondary N) is 2. The van der Waals surface area contributed by atoms with Crippen LogP contribution in [-0.4, -0.2) is 53.3 Å². The molecule has 2 fully saturated rings. The molecule has 2 aliphatic heterocycles. The Hall–Kier alpha value is -3.13. The number of hydrogen-bond acceptors (Lipinski definition) is 6. The van der Waals surface area contributed by atoms with Crippen molar-refractivity contribution in [2.75, 3.05) is 12.8 Å². The zero-order valence-corrected chi connectivity index (χ0v) is 16.3. The van der Waals surface area contributed by atoms with Gasteiger partial charge in [-0.15, -0.1) is 0 Å². The van der Waals surface area contributed by atoms with E-state index in [1.165, 1.54) is 12.8 Å². The largest absolute Gasteiger partial charge is 0.483 e. The lowest BCUT2D eigenvalue weighted by Gasteiger charge is -2.36. The van der Waals surface area contributed by atoms with Gasteiger partial charge < -0.3 is 25.5 Å². The molecular formula is C21H26N4O4. The molecule has 8 nitrogen and oxygen atoms in total. The third kappa shape index (κ3) is 4.48. The van der Waals surface area contributed by atoms with Crippen molar-refractivity contribution >= 4 is 23.8 Å². The van der Waals surface area contributed by atoms with Crippen molar-refractivity contribution in [2.45, 2.75) is 43.8 Å². The first-order valence-electron chi connectivity index (χ1n) is 9.57. The van der Waals surface area contributed by atoms with Crippen LogP contribution in [0.15, 0.2) is 41.0 Å². The maximum absolute atomic E-state index is 12.6. The van der Waals surface area contributed by atoms with Crippen LogP contribution in [0.3, 0.4) is 0 Å². The zero-order chi connectivity index (χ0) is 21.0. The van der Waals surface area contributed by atoms with Crippen LogP contribution in [0.4, 0.5) is 5.69 Å². The highest BCUT2D eigenvalue weighted by molar-refractivity contribution is 6.45. The number of amides is 1. The number of fused-ring (bicyclic) bond motifs is 2. The van der Waals surface area contributed by atoms with E-state index in [9.17, 15) is 4.79 Å². The van der Waals surface area contributed by atoms with Gasteiger partial charge >= 0.3 is 0 Å². The Morgan fingerprint density at radius 1 is 1.31 bits per heavy atom. The third-order valence-electron chi connectivity index (χ3n) is 5.79. The normalized spacial score (nSPS) is 23.0. The van der Waals surface area contributed by atoms with E-state index in [4.69, 9.17) is 25.5 Å². The molecule has 5 N–H and O–H groups in total. The van der Waals surface area contributed by atoms with Crippen LogP contribution >= 0.6 is 0 Å². The van der Waals surface area contributed by atoms with Crippen LogP contribution in [0.1, 0.15) is 31.2 Å². The molecule has 0 aliphatic carbocycles. The molecule has 1 aromatic carbocycles. The maximum atomic E-state index is 12.6. The van der Waals surface area contributed by atoms with Gasteiger partial charge in [-0.2, -0.15) is 0 Å². The Morgan fingerprint density at radius 3 is 2.52 bits per heavy atom. The molecule has 8 heteroatoms. The Morgan fingerprint density at radius 2 is 1.97 bits per heavy atom. The first-order valence-corrected chi connectivity index (χ1v) is 9.57. The molecule has 2 aromatic rings. The number of carbonyl (C=O) groups is 2. The van der Waals surface area contributed by atoms with E-state index in [2.05, 4.69) is 17.3 Å². The van der Waals surface area contributed by atoms with Gasteiger partial charge in [0.15, 0.2) is 0 Å². The van der Waals surface area contributed by atoms with Crippen molar-refractivity contribution in [1.29, 1.82) is 5.41 Å². The summed E-state index contributed by atoms with van der Waals surface area (Å²) in [7, 11) is 2.17. The molecule has 1 amide bonds. The fourth-order valence-electron chi connectivity index (χ4n) is 4.30. The molecule has 2 saturated heterocycles. The van der Waals surface area contributed by atoms with Gasteiger partial charge in [-0.05, 0) is 57.0 Å². The summed E-state index contributed by atoms with van der Waals surface area (Å²) < 4.78 is 5.37. The number of rotatable bonds is 4. The lowest BCUT2D eigenvalue weighted by atomic mass is 9.97. The number of nitrogens with two attached hydrogens (primary N) is 1. The molecule has 3 heterocycles.